The lowest BCUT2D eigenvalue weighted by atomic mass is 10.1. The second kappa shape index (κ2) is 10.7. The monoisotopic (exact) mass is 468 g/mol. The molecule has 0 aliphatic heterocycles. The summed E-state index contributed by atoms with van der Waals surface area (Å²) in [5, 5.41) is 9.49. The van der Waals surface area contributed by atoms with E-state index in [1.807, 2.05) is 79.1 Å². The molecule has 0 atom stereocenters. The molecule has 0 fully saturated rings. The van der Waals surface area contributed by atoms with Gasteiger partial charge in [-0.1, -0.05) is 42.5 Å². The quantitative estimate of drug-likeness (QED) is 0.217. The van der Waals surface area contributed by atoms with Gasteiger partial charge in [0.05, 0.1) is 24.9 Å². The van der Waals surface area contributed by atoms with E-state index in [1.165, 1.54) is 0 Å². The Kier molecular flexibility index (Phi) is 7.26. The fraction of sp³-hybridized carbons (Fsp3) is 0.179. The lowest BCUT2D eigenvalue weighted by Crippen LogP contribution is -2.25. The minimum Gasteiger partial charge on any atom is -0.462 e. The van der Waals surface area contributed by atoms with Gasteiger partial charge in [0.1, 0.15) is 0 Å². The Balaban J connectivity index is 1.42. The highest BCUT2D eigenvalue weighted by Gasteiger charge is 2.13. The molecule has 1 aromatic heterocycles. The molecule has 0 saturated heterocycles. The maximum Gasteiger partial charge on any atom is 0.338 e. The van der Waals surface area contributed by atoms with Crippen molar-refractivity contribution in [3.63, 3.8) is 0 Å². The van der Waals surface area contributed by atoms with Crippen molar-refractivity contribution < 1.29 is 14.3 Å². The maximum atomic E-state index is 12.3. The summed E-state index contributed by atoms with van der Waals surface area (Å²) in [5.41, 5.74) is 7.62. The predicted octanol–water partition coefficient (Wildman–Crippen LogP) is 4.99. The molecule has 3 aromatic carbocycles. The van der Waals surface area contributed by atoms with E-state index in [2.05, 4.69) is 15.8 Å². The lowest BCUT2D eigenvalue weighted by molar-refractivity contribution is -0.119. The highest BCUT2D eigenvalue weighted by molar-refractivity contribution is 5.95. The molecule has 2 N–H and O–H groups in total. The summed E-state index contributed by atoms with van der Waals surface area (Å²) in [4.78, 5) is 24.5. The normalized spacial score (nSPS) is 11.1. The van der Waals surface area contributed by atoms with Crippen molar-refractivity contribution in [1.82, 2.24) is 9.99 Å². The average molecular weight is 469 g/mol. The van der Waals surface area contributed by atoms with Crippen LogP contribution < -0.4 is 10.7 Å². The largest absolute Gasteiger partial charge is 0.462 e. The highest BCUT2D eigenvalue weighted by atomic mass is 16.5. The van der Waals surface area contributed by atoms with Gasteiger partial charge in [-0.15, -0.1) is 0 Å². The molecule has 0 aliphatic rings. The Morgan fingerprint density at radius 1 is 1.00 bits per heavy atom. The van der Waals surface area contributed by atoms with E-state index in [0.29, 0.717) is 12.2 Å². The van der Waals surface area contributed by atoms with Gasteiger partial charge in [-0.3, -0.25) is 4.79 Å². The molecular weight excluding hydrogens is 440 g/mol. The van der Waals surface area contributed by atoms with Crippen molar-refractivity contribution in [2.24, 2.45) is 5.10 Å². The minimum atomic E-state index is -0.349. The van der Waals surface area contributed by atoms with Crippen LogP contribution in [0.5, 0.6) is 0 Å². The third-order valence-electron chi connectivity index (χ3n) is 5.71. The molecule has 178 valence electrons. The number of carbonyl (C=O) groups excluding carboxylic acids is 2. The van der Waals surface area contributed by atoms with Crippen LogP contribution in [0.2, 0.25) is 0 Å². The third-order valence-corrected chi connectivity index (χ3v) is 5.71. The summed E-state index contributed by atoms with van der Waals surface area (Å²) >= 11 is 0. The zero-order valence-electron chi connectivity index (χ0n) is 20.0. The second-order valence-corrected chi connectivity index (χ2v) is 8.11. The zero-order valence-corrected chi connectivity index (χ0v) is 20.0. The molecule has 0 bridgehead atoms. The number of hydrogen-bond donors (Lipinski definition) is 2. The third kappa shape index (κ3) is 5.41. The molecule has 7 heteroatoms. The summed E-state index contributed by atoms with van der Waals surface area (Å²) < 4.78 is 7.15. The second-order valence-electron chi connectivity index (χ2n) is 8.11. The smallest absolute Gasteiger partial charge is 0.338 e. The van der Waals surface area contributed by atoms with E-state index < -0.39 is 0 Å². The number of amides is 1. The van der Waals surface area contributed by atoms with Gasteiger partial charge in [0, 0.05) is 33.7 Å². The van der Waals surface area contributed by atoms with Gasteiger partial charge in [-0.05, 0) is 56.5 Å². The van der Waals surface area contributed by atoms with Crippen LogP contribution in [0.15, 0.2) is 77.9 Å². The number of nitrogens with one attached hydrogen (secondary N) is 2. The van der Waals surface area contributed by atoms with Crippen LogP contribution in [-0.2, 0) is 9.53 Å². The van der Waals surface area contributed by atoms with Crippen LogP contribution >= 0.6 is 0 Å². The van der Waals surface area contributed by atoms with Crippen molar-refractivity contribution in [1.29, 1.82) is 0 Å². The summed E-state index contributed by atoms with van der Waals surface area (Å²) in [6, 6.07) is 23.2. The molecule has 0 unspecified atom stereocenters. The first kappa shape index (κ1) is 23.8. The standard InChI is InChI=1S/C28H28N4O3/c1-4-35-28(34)22-11-7-12-24(16-22)32-19(2)15-23(20(32)3)17-30-31-27(33)18-29-26-14-8-10-21-9-5-6-13-25(21)26/h5-17,29H,4,18H2,1-3H3,(H,31,33)/b30-17-. The van der Waals surface area contributed by atoms with E-state index in [-0.39, 0.29) is 18.4 Å². The van der Waals surface area contributed by atoms with Crippen molar-refractivity contribution in [3.8, 4) is 5.69 Å². The summed E-state index contributed by atoms with van der Waals surface area (Å²) in [6.07, 6.45) is 1.63. The Hall–Kier alpha value is -4.39. The molecule has 7 nitrogen and oxygen atoms in total. The molecule has 0 aliphatic carbocycles. The number of hydrogen-bond acceptors (Lipinski definition) is 5. The fourth-order valence-electron chi connectivity index (χ4n) is 4.07. The summed E-state index contributed by atoms with van der Waals surface area (Å²) in [6.45, 7) is 6.16. The van der Waals surface area contributed by atoms with Gasteiger partial charge >= 0.3 is 5.97 Å². The average Bonchev–Trinajstić information content (AvgIpc) is 3.15. The molecule has 35 heavy (non-hydrogen) atoms. The van der Waals surface area contributed by atoms with Crippen LogP contribution in [0, 0.1) is 13.8 Å². The van der Waals surface area contributed by atoms with Crippen LogP contribution in [0.25, 0.3) is 16.5 Å². The number of hydrazone groups is 1. The number of nitrogens with zero attached hydrogens (tertiary/aromatic N) is 2. The molecule has 4 rings (SSSR count). The number of fused-ring (bicyclic) bond motifs is 1. The molecule has 0 spiro atoms. The van der Waals surface area contributed by atoms with Crippen molar-refractivity contribution in [2.45, 2.75) is 20.8 Å². The van der Waals surface area contributed by atoms with E-state index in [9.17, 15) is 9.59 Å². The van der Waals surface area contributed by atoms with Crippen molar-refractivity contribution in [3.05, 3.63) is 95.3 Å². The Labute approximate surface area is 204 Å². The zero-order chi connectivity index (χ0) is 24.8. The Bertz CT molecular complexity index is 1400. The fourth-order valence-corrected chi connectivity index (χ4v) is 4.07. The van der Waals surface area contributed by atoms with Gasteiger partial charge in [0.25, 0.3) is 5.91 Å². The van der Waals surface area contributed by atoms with E-state index in [4.69, 9.17) is 4.74 Å². The van der Waals surface area contributed by atoms with Crippen molar-refractivity contribution >= 4 is 34.6 Å². The van der Waals surface area contributed by atoms with Crippen molar-refractivity contribution in [2.75, 3.05) is 18.5 Å². The highest BCUT2D eigenvalue weighted by Crippen LogP contribution is 2.23. The number of ether oxygens (including phenoxy) is 1. The molecule has 0 saturated carbocycles. The predicted molar refractivity (Wildman–Crippen MR) is 139 cm³/mol. The van der Waals surface area contributed by atoms with E-state index in [0.717, 1.165) is 39.1 Å². The van der Waals surface area contributed by atoms with Crippen LogP contribution in [0.4, 0.5) is 5.69 Å². The number of esters is 1. The van der Waals surface area contributed by atoms with Gasteiger partial charge in [0.15, 0.2) is 0 Å². The molecule has 0 radical (unpaired) electrons. The number of benzene rings is 3. The molecule has 4 aromatic rings. The molecular formula is C28H28N4O3. The number of rotatable bonds is 8. The number of aryl methyl sites for hydroxylation is 1. The Morgan fingerprint density at radius 2 is 1.77 bits per heavy atom. The summed E-state index contributed by atoms with van der Waals surface area (Å²) in [7, 11) is 0. The van der Waals surface area contributed by atoms with E-state index in [1.54, 1.807) is 25.3 Å². The lowest BCUT2D eigenvalue weighted by Gasteiger charge is -2.11. The van der Waals surface area contributed by atoms with Crippen LogP contribution in [0.1, 0.15) is 34.2 Å². The number of carbonyl (C=O) groups is 2. The molecule has 1 amide bonds. The molecule has 1 heterocycles. The first-order valence-corrected chi connectivity index (χ1v) is 11.5. The number of anilines is 1. The van der Waals surface area contributed by atoms with Gasteiger partial charge in [-0.25, -0.2) is 10.2 Å². The van der Waals surface area contributed by atoms with E-state index >= 15 is 0 Å². The first-order valence-electron chi connectivity index (χ1n) is 11.5. The first-order chi connectivity index (χ1) is 17.0. The van der Waals surface area contributed by atoms with Gasteiger partial charge in [0.2, 0.25) is 0 Å². The van der Waals surface area contributed by atoms with Gasteiger partial charge < -0.3 is 14.6 Å². The van der Waals surface area contributed by atoms with Crippen LogP contribution in [-0.4, -0.2) is 35.8 Å². The SMILES string of the molecule is CCOC(=O)c1cccc(-n2c(C)cc(/C=N\NC(=O)CNc3cccc4ccccc34)c2C)c1. The topological polar surface area (TPSA) is 84.7 Å². The Morgan fingerprint density at radius 3 is 2.60 bits per heavy atom. The van der Waals surface area contributed by atoms with Crippen LogP contribution in [0.3, 0.4) is 0 Å². The van der Waals surface area contributed by atoms with Gasteiger partial charge in [-0.2, -0.15) is 5.10 Å². The number of aromatic nitrogens is 1. The maximum absolute atomic E-state index is 12.3. The summed E-state index contributed by atoms with van der Waals surface area (Å²) in [5.74, 6) is -0.594. The minimum absolute atomic E-state index is 0.102.